The van der Waals surface area contributed by atoms with Crippen LogP contribution in [-0.2, 0) is 23.0 Å². The van der Waals surface area contributed by atoms with Crippen molar-refractivity contribution in [2.45, 2.75) is 6.92 Å². The van der Waals surface area contributed by atoms with E-state index in [1.165, 1.54) is 31.8 Å². The smallest absolute Gasteiger partial charge is 0.0134 e. The molecule has 0 amide bonds. The van der Waals surface area contributed by atoms with E-state index in [4.69, 9.17) is 0 Å². The average Bonchev–Trinajstić information content (AvgIpc) is 3.19. The van der Waals surface area contributed by atoms with E-state index in [0.717, 1.165) is 5.56 Å². The maximum absolute atomic E-state index is 9.99. The third-order valence-electron chi connectivity index (χ3n) is 7.26. The maximum atomic E-state index is 9.99. The molecule has 7 rings (SSSR count). The molecule has 1 nitrogen and oxygen atoms in total. The van der Waals surface area contributed by atoms with Crippen LogP contribution in [0.5, 0.6) is 0 Å². The molecule has 5 heteroatoms. The molecular formula is C44H37ClOP2Pd. The third kappa shape index (κ3) is 12.1. The quantitative estimate of drug-likeness (QED) is 0.0897. The van der Waals surface area contributed by atoms with Crippen LogP contribution in [-0.4, -0.2) is 6.29 Å². The first kappa shape index (κ1) is 37.8. The van der Waals surface area contributed by atoms with Crippen molar-refractivity contribution < 1.29 is 23.0 Å². The Hall–Kier alpha value is -3.98. The van der Waals surface area contributed by atoms with Crippen molar-refractivity contribution in [3.63, 3.8) is 0 Å². The van der Waals surface area contributed by atoms with E-state index < -0.39 is 15.8 Å². The van der Waals surface area contributed by atoms with Gasteiger partial charge in [-0.05, 0) is 54.6 Å². The number of halogens is 1. The molecule has 0 unspecified atom stereocenters. The van der Waals surface area contributed by atoms with Crippen molar-refractivity contribution in [2.75, 3.05) is 0 Å². The van der Waals surface area contributed by atoms with Crippen molar-refractivity contribution in [1.29, 1.82) is 0 Å². The second-order valence-corrected chi connectivity index (χ2v) is 15.1. The maximum Gasteiger partial charge on any atom is -0.0134 e. The summed E-state index contributed by atoms with van der Waals surface area (Å²) in [6.07, 6.45) is 1.80. The summed E-state index contributed by atoms with van der Waals surface area (Å²) in [4.78, 5) is 9.99. The molecule has 49 heavy (non-hydrogen) atoms. The molecule has 0 bridgehead atoms. The first-order chi connectivity index (χ1) is 24.2. The van der Waals surface area contributed by atoms with Gasteiger partial charge in [-0.2, -0.15) is 17.7 Å². The second-order valence-electron chi connectivity index (χ2n) is 10.7. The van der Waals surface area contributed by atoms with Crippen molar-refractivity contribution in [1.82, 2.24) is 0 Å². The Morgan fingerprint density at radius 2 is 0.571 bits per heavy atom. The summed E-state index contributed by atoms with van der Waals surface area (Å²) in [6.45, 7) is 1.98. The van der Waals surface area contributed by atoms with Gasteiger partial charge < -0.3 is 4.79 Å². The Kier molecular flexibility index (Phi) is 16.9. The van der Waals surface area contributed by atoms with Gasteiger partial charge in [0.2, 0.25) is 0 Å². The van der Waals surface area contributed by atoms with E-state index in [-0.39, 0.29) is 0 Å². The van der Waals surface area contributed by atoms with Crippen LogP contribution < -0.4 is 31.8 Å². The minimum absolute atomic E-state index is 0.446. The molecule has 0 spiro atoms. The topological polar surface area (TPSA) is 17.1 Å². The van der Waals surface area contributed by atoms with Crippen LogP contribution >= 0.6 is 25.4 Å². The SMILES string of the molecule is Cc1ccc([C-]=O)cc1.[Cl][Pd+].c1ccc(P(c2ccccc2)c2ccccc2)cc1.c1ccc(P(c2ccccc2)c2ccccc2)cc1. The van der Waals surface area contributed by atoms with Crippen molar-refractivity contribution in [3.8, 4) is 0 Å². The number of hydrogen-bond acceptors (Lipinski definition) is 1. The normalized spacial score (nSPS) is 10.0. The van der Waals surface area contributed by atoms with Crippen LogP contribution in [0.2, 0.25) is 0 Å². The van der Waals surface area contributed by atoms with Crippen LogP contribution in [0, 0.1) is 6.92 Å². The van der Waals surface area contributed by atoms with Gasteiger partial charge in [-0.25, -0.2) is 0 Å². The molecule has 246 valence electrons. The molecular weight excluding hydrogens is 748 g/mol. The van der Waals surface area contributed by atoms with Crippen molar-refractivity contribution in [3.05, 3.63) is 217 Å². The van der Waals surface area contributed by atoms with E-state index in [0.29, 0.717) is 5.56 Å². The zero-order valence-electron chi connectivity index (χ0n) is 27.1. The minimum atomic E-state index is -0.446. The Labute approximate surface area is 308 Å². The molecule has 0 aromatic heterocycles. The fourth-order valence-corrected chi connectivity index (χ4v) is 9.59. The minimum Gasteiger partial charge on any atom is -0.0622 e. The van der Waals surface area contributed by atoms with Gasteiger partial charge in [-0.1, -0.05) is 188 Å². The zero-order chi connectivity index (χ0) is 34.5. The molecule has 0 aliphatic heterocycles. The predicted molar refractivity (Wildman–Crippen MR) is 212 cm³/mol. The van der Waals surface area contributed by atoms with Gasteiger partial charge in [0.05, 0.1) is 6.29 Å². The zero-order valence-corrected chi connectivity index (χ0v) is 31.2. The second kappa shape index (κ2) is 21.9. The first-order valence-electron chi connectivity index (χ1n) is 15.7. The summed E-state index contributed by atoms with van der Waals surface area (Å²) >= 11 is 2.22. The van der Waals surface area contributed by atoms with Crippen LogP contribution in [0.1, 0.15) is 11.1 Å². The van der Waals surface area contributed by atoms with E-state index in [2.05, 4.69) is 210 Å². The van der Waals surface area contributed by atoms with E-state index >= 15 is 0 Å². The molecule has 0 heterocycles. The molecule has 0 saturated carbocycles. The van der Waals surface area contributed by atoms with Gasteiger partial charge in [0.15, 0.2) is 0 Å². The molecule has 0 N–H and O–H groups in total. The monoisotopic (exact) mass is 784 g/mol. The van der Waals surface area contributed by atoms with Crippen molar-refractivity contribution in [2.24, 2.45) is 0 Å². The Morgan fingerprint density at radius 1 is 0.367 bits per heavy atom. The molecule has 0 aliphatic rings. The first-order valence-corrected chi connectivity index (χ1v) is 20.4. The summed E-state index contributed by atoms with van der Waals surface area (Å²) in [6, 6.07) is 71.9. The van der Waals surface area contributed by atoms with Gasteiger partial charge in [-0.3, -0.25) is 0 Å². The van der Waals surface area contributed by atoms with Crippen LogP contribution in [0.25, 0.3) is 0 Å². The summed E-state index contributed by atoms with van der Waals surface area (Å²) in [5, 5.41) is 8.39. The fraction of sp³-hybridized carbons (Fsp3) is 0.0227. The van der Waals surface area contributed by atoms with Gasteiger partial charge in [0.25, 0.3) is 0 Å². The van der Waals surface area contributed by atoms with Gasteiger partial charge in [-0.15, -0.1) is 12.1 Å². The van der Waals surface area contributed by atoms with Crippen LogP contribution in [0.4, 0.5) is 0 Å². The van der Waals surface area contributed by atoms with Crippen LogP contribution in [0.15, 0.2) is 206 Å². The van der Waals surface area contributed by atoms with E-state index in [1.54, 1.807) is 18.4 Å². The summed E-state index contributed by atoms with van der Waals surface area (Å²) in [7, 11) is 3.60. The molecule has 0 aliphatic carbocycles. The van der Waals surface area contributed by atoms with Crippen molar-refractivity contribution >= 4 is 63.5 Å². The number of rotatable bonds is 7. The molecule has 0 radical (unpaired) electrons. The molecule has 7 aromatic carbocycles. The van der Waals surface area contributed by atoms with Gasteiger partial charge in [0, 0.05) is 0 Å². The van der Waals surface area contributed by atoms with Crippen LogP contribution in [0.3, 0.4) is 0 Å². The Morgan fingerprint density at radius 3 is 0.755 bits per heavy atom. The third-order valence-corrected chi connectivity index (χ3v) is 12.1. The van der Waals surface area contributed by atoms with Gasteiger partial charge >= 0.3 is 27.7 Å². The average molecular weight is 786 g/mol. The predicted octanol–water partition coefficient (Wildman–Crippen LogP) is 9.03. The number of hydrogen-bond donors (Lipinski definition) is 0. The largest absolute Gasteiger partial charge is 0.0622 e. The number of benzene rings is 7. The van der Waals surface area contributed by atoms with E-state index in [1.807, 2.05) is 19.1 Å². The fourth-order valence-electron chi connectivity index (χ4n) is 4.98. The Balaban J connectivity index is 0.000000171. The molecule has 7 aromatic rings. The summed E-state index contributed by atoms with van der Waals surface area (Å²) < 4.78 is 0. The summed E-state index contributed by atoms with van der Waals surface area (Å²) in [5.41, 5.74) is 1.77. The molecule has 0 atom stereocenters. The number of aryl methyl sites for hydroxylation is 1. The summed E-state index contributed by atoms with van der Waals surface area (Å²) in [5.74, 6) is 0. The standard InChI is InChI=1S/2C18H15P.C8H7O.ClH.Pd/c2*1-4-10-16(11-5-1)19(17-12-6-2-7-13-17)18-14-8-3-9-15-18;1-7-2-4-8(6-9)5-3-7;;/h2*1-15H;2-5H,1H3;1H;/q;;-1;;+2/p-1. The number of carbonyl (C=O) groups excluding carboxylic acids is 1. The van der Waals surface area contributed by atoms with E-state index in [9.17, 15) is 4.79 Å². The van der Waals surface area contributed by atoms with Gasteiger partial charge in [0.1, 0.15) is 0 Å². The Bertz CT molecular complexity index is 1570. The molecule has 0 saturated heterocycles. The molecule has 0 fully saturated rings.